The molecule has 1 atom stereocenters. The molecule has 0 fully saturated rings. The molecule has 0 radical (unpaired) electrons. The van der Waals surface area contributed by atoms with Crippen LogP contribution < -0.4 is 5.63 Å². The van der Waals surface area contributed by atoms with Gasteiger partial charge in [-0.05, 0) is 24.6 Å². The highest BCUT2D eigenvalue weighted by atomic mass is 32.2. The normalized spacial score (nSPS) is 12.3. The lowest BCUT2D eigenvalue weighted by atomic mass is 10.2. The van der Waals surface area contributed by atoms with Crippen molar-refractivity contribution >= 4 is 10.8 Å². The third-order valence-electron chi connectivity index (χ3n) is 2.45. The van der Waals surface area contributed by atoms with Crippen molar-refractivity contribution in [1.82, 2.24) is 0 Å². The van der Waals surface area contributed by atoms with Crippen molar-refractivity contribution in [1.29, 1.82) is 0 Å². The zero-order chi connectivity index (χ0) is 14.0. The Bertz CT molecular complexity index is 676. The fourth-order valence-electron chi connectivity index (χ4n) is 1.60. The smallest absolute Gasteiger partial charge is 0.356 e. The van der Waals surface area contributed by atoms with Gasteiger partial charge in [-0.2, -0.15) is 0 Å². The fourth-order valence-corrected chi connectivity index (χ4v) is 2.76. The van der Waals surface area contributed by atoms with Crippen LogP contribution in [0.5, 0.6) is 5.75 Å². The number of rotatable bonds is 3. The zero-order valence-electron chi connectivity index (χ0n) is 10.1. The molecule has 1 unspecified atom stereocenters. The van der Waals surface area contributed by atoms with Crippen molar-refractivity contribution in [2.45, 2.75) is 17.6 Å². The van der Waals surface area contributed by atoms with Gasteiger partial charge in [0.25, 0.3) is 0 Å². The van der Waals surface area contributed by atoms with Crippen molar-refractivity contribution < 1.29 is 18.1 Å². The van der Waals surface area contributed by atoms with Crippen LogP contribution in [-0.2, 0) is 16.6 Å². The van der Waals surface area contributed by atoms with E-state index in [1.54, 1.807) is 0 Å². The first kappa shape index (κ1) is 13.5. The highest BCUT2D eigenvalue weighted by Crippen LogP contribution is 2.20. The molecule has 100 valence electrons. The maximum absolute atomic E-state index is 12.7. The van der Waals surface area contributed by atoms with Crippen LogP contribution >= 0.6 is 0 Å². The summed E-state index contributed by atoms with van der Waals surface area (Å²) in [6.45, 7) is 1.51. The monoisotopic (exact) mass is 282 g/mol. The highest BCUT2D eigenvalue weighted by molar-refractivity contribution is 7.84. The van der Waals surface area contributed by atoms with E-state index in [0.29, 0.717) is 5.56 Å². The van der Waals surface area contributed by atoms with Gasteiger partial charge in [-0.25, -0.2) is 9.18 Å². The summed E-state index contributed by atoms with van der Waals surface area (Å²) in [7, 11) is -1.75. The molecule has 0 spiro atoms. The molecule has 0 bridgehead atoms. The van der Waals surface area contributed by atoms with Gasteiger partial charge < -0.3 is 9.52 Å². The molecule has 0 aliphatic rings. The van der Waals surface area contributed by atoms with Gasteiger partial charge in [0.2, 0.25) is 0 Å². The minimum absolute atomic E-state index is 0.00165. The van der Waals surface area contributed by atoms with Gasteiger partial charge in [-0.1, -0.05) is 12.1 Å². The van der Waals surface area contributed by atoms with Crippen LogP contribution in [0.15, 0.2) is 44.4 Å². The average Bonchev–Trinajstić information content (AvgIpc) is 2.30. The van der Waals surface area contributed by atoms with Gasteiger partial charge in [-0.3, -0.25) is 4.21 Å². The molecule has 0 aliphatic carbocycles. The SMILES string of the molecule is Cc1cc(O)c(S(=O)Cc2ccc(F)cc2)c(=O)o1. The van der Waals surface area contributed by atoms with E-state index in [-0.39, 0.29) is 22.2 Å². The quantitative estimate of drug-likeness (QED) is 0.936. The van der Waals surface area contributed by atoms with Crippen molar-refractivity contribution in [3.05, 3.63) is 57.9 Å². The first-order valence-electron chi connectivity index (χ1n) is 5.44. The van der Waals surface area contributed by atoms with Crippen molar-refractivity contribution in [2.75, 3.05) is 0 Å². The Balaban J connectivity index is 2.30. The van der Waals surface area contributed by atoms with E-state index in [1.807, 2.05) is 0 Å². The molecular weight excluding hydrogens is 271 g/mol. The minimum atomic E-state index is -1.75. The summed E-state index contributed by atoms with van der Waals surface area (Å²) in [5.74, 6) is -0.506. The summed E-state index contributed by atoms with van der Waals surface area (Å²) in [5, 5.41) is 9.65. The Morgan fingerprint density at radius 2 is 1.95 bits per heavy atom. The molecule has 1 aromatic carbocycles. The molecule has 1 heterocycles. The second-order valence-corrected chi connectivity index (χ2v) is 5.36. The lowest BCUT2D eigenvalue weighted by Gasteiger charge is -2.04. The van der Waals surface area contributed by atoms with Gasteiger partial charge >= 0.3 is 5.63 Å². The molecule has 6 heteroatoms. The maximum atomic E-state index is 12.7. The summed E-state index contributed by atoms with van der Waals surface area (Å²) in [6.07, 6.45) is 0. The topological polar surface area (TPSA) is 67.5 Å². The summed E-state index contributed by atoms with van der Waals surface area (Å²) in [5.41, 5.74) is -0.225. The van der Waals surface area contributed by atoms with E-state index in [4.69, 9.17) is 4.42 Å². The third kappa shape index (κ3) is 3.08. The number of benzene rings is 1. The van der Waals surface area contributed by atoms with E-state index < -0.39 is 22.2 Å². The zero-order valence-corrected chi connectivity index (χ0v) is 10.9. The van der Waals surface area contributed by atoms with Crippen LogP contribution in [0.1, 0.15) is 11.3 Å². The molecule has 1 aromatic heterocycles. The van der Waals surface area contributed by atoms with Crippen LogP contribution in [0.25, 0.3) is 0 Å². The average molecular weight is 282 g/mol. The van der Waals surface area contributed by atoms with Crippen molar-refractivity contribution in [3.63, 3.8) is 0 Å². The van der Waals surface area contributed by atoms with Gasteiger partial charge in [0.1, 0.15) is 17.3 Å². The van der Waals surface area contributed by atoms with E-state index in [2.05, 4.69) is 0 Å². The Morgan fingerprint density at radius 1 is 1.32 bits per heavy atom. The minimum Gasteiger partial charge on any atom is -0.506 e. The Hall–Kier alpha value is -1.95. The Kier molecular flexibility index (Phi) is 3.80. The lowest BCUT2D eigenvalue weighted by Crippen LogP contribution is -2.11. The maximum Gasteiger partial charge on any atom is 0.356 e. The number of halogens is 1. The molecule has 0 amide bonds. The van der Waals surface area contributed by atoms with Gasteiger partial charge in [0.15, 0.2) is 4.90 Å². The third-order valence-corrected chi connectivity index (χ3v) is 3.88. The number of hydrogen-bond acceptors (Lipinski definition) is 4. The molecule has 0 saturated heterocycles. The molecule has 4 nitrogen and oxygen atoms in total. The molecule has 19 heavy (non-hydrogen) atoms. The lowest BCUT2D eigenvalue weighted by molar-refractivity contribution is 0.410. The first-order chi connectivity index (χ1) is 8.97. The largest absolute Gasteiger partial charge is 0.506 e. The predicted molar refractivity (Wildman–Crippen MR) is 67.9 cm³/mol. The second-order valence-electron chi connectivity index (χ2n) is 3.98. The number of hydrogen-bond donors (Lipinski definition) is 1. The summed E-state index contributed by atoms with van der Waals surface area (Å²) in [4.78, 5) is 11.3. The summed E-state index contributed by atoms with van der Waals surface area (Å²) < 4.78 is 29.6. The summed E-state index contributed by atoms with van der Waals surface area (Å²) >= 11 is 0. The predicted octanol–water partition coefficient (Wildman–Crippen LogP) is 2.10. The van der Waals surface area contributed by atoms with Gasteiger partial charge in [0, 0.05) is 6.07 Å². The Labute approximate surface area is 111 Å². The van der Waals surface area contributed by atoms with Crippen LogP contribution in [0.4, 0.5) is 4.39 Å². The van der Waals surface area contributed by atoms with Crippen LogP contribution in [0, 0.1) is 12.7 Å². The van der Waals surface area contributed by atoms with E-state index >= 15 is 0 Å². The van der Waals surface area contributed by atoms with Crippen molar-refractivity contribution in [2.24, 2.45) is 0 Å². The van der Waals surface area contributed by atoms with Crippen LogP contribution in [-0.4, -0.2) is 9.32 Å². The standard InChI is InChI=1S/C13H11FO4S/c1-8-6-11(15)12(13(16)18-8)19(17)7-9-2-4-10(14)5-3-9/h2-6,15H,7H2,1H3. The molecule has 2 rings (SSSR count). The molecule has 0 saturated carbocycles. The van der Waals surface area contributed by atoms with Crippen LogP contribution in [0.2, 0.25) is 0 Å². The first-order valence-corrected chi connectivity index (χ1v) is 6.76. The van der Waals surface area contributed by atoms with Crippen molar-refractivity contribution in [3.8, 4) is 5.75 Å². The van der Waals surface area contributed by atoms with E-state index in [9.17, 15) is 18.5 Å². The molecule has 0 aliphatic heterocycles. The number of aromatic hydroxyl groups is 1. The van der Waals surface area contributed by atoms with Crippen LogP contribution in [0.3, 0.4) is 0 Å². The molecule has 2 aromatic rings. The second kappa shape index (κ2) is 5.36. The number of aryl methyl sites for hydroxylation is 1. The molecule has 1 N–H and O–H groups in total. The van der Waals surface area contributed by atoms with E-state index in [0.717, 1.165) is 0 Å². The highest BCUT2D eigenvalue weighted by Gasteiger charge is 2.17. The Morgan fingerprint density at radius 3 is 2.53 bits per heavy atom. The molecular formula is C13H11FO4S. The van der Waals surface area contributed by atoms with Gasteiger partial charge in [-0.15, -0.1) is 0 Å². The van der Waals surface area contributed by atoms with E-state index in [1.165, 1.54) is 37.3 Å². The summed E-state index contributed by atoms with van der Waals surface area (Å²) in [6, 6.07) is 6.66. The van der Waals surface area contributed by atoms with Gasteiger partial charge in [0.05, 0.1) is 16.6 Å². The fraction of sp³-hybridized carbons (Fsp3) is 0.154.